The predicted molar refractivity (Wildman–Crippen MR) is 77.8 cm³/mol. The Bertz CT molecular complexity index is 539. The normalized spacial score (nSPS) is 13.1. The van der Waals surface area contributed by atoms with E-state index in [0.717, 1.165) is 0 Å². The van der Waals surface area contributed by atoms with E-state index in [1.54, 1.807) is 6.92 Å². The van der Waals surface area contributed by atoms with Crippen LogP contribution in [0.15, 0.2) is 24.3 Å². The third kappa shape index (κ3) is 4.05. The van der Waals surface area contributed by atoms with Crippen LogP contribution in [0.3, 0.4) is 0 Å². The molecule has 1 rings (SSSR count). The van der Waals surface area contributed by atoms with E-state index in [2.05, 4.69) is 5.32 Å². The van der Waals surface area contributed by atoms with Crippen LogP contribution in [0.1, 0.15) is 47.4 Å². The van der Waals surface area contributed by atoms with Crippen molar-refractivity contribution in [3.8, 4) is 0 Å². The Labute approximate surface area is 123 Å². The quantitative estimate of drug-likeness (QED) is 0.771. The van der Waals surface area contributed by atoms with Crippen LogP contribution in [-0.2, 0) is 9.53 Å². The molecule has 2 amide bonds. The molecule has 21 heavy (non-hydrogen) atoms. The average Bonchev–Trinajstić information content (AvgIpc) is 2.46. The lowest BCUT2D eigenvalue weighted by molar-refractivity contribution is -0.147. The Kier molecular flexibility index (Phi) is 5.46. The van der Waals surface area contributed by atoms with Crippen LogP contribution < -0.4 is 11.1 Å². The largest absolute Gasteiger partial charge is 0.467 e. The minimum absolute atomic E-state index is 0.316. The van der Waals surface area contributed by atoms with Crippen LogP contribution in [-0.4, -0.2) is 30.4 Å². The van der Waals surface area contributed by atoms with Gasteiger partial charge >= 0.3 is 5.97 Å². The van der Waals surface area contributed by atoms with Crippen LogP contribution in [0.2, 0.25) is 0 Å². The summed E-state index contributed by atoms with van der Waals surface area (Å²) in [5.74, 6) is -1.47. The number of nitrogens with one attached hydrogen (secondary N) is 1. The second kappa shape index (κ2) is 6.88. The molecule has 0 aliphatic heterocycles. The van der Waals surface area contributed by atoms with E-state index in [9.17, 15) is 14.4 Å². The van der Waals surface area contributed by atoms with E-state index in [1.807, 2.05) is 6.92 Å². The van der Waals surface area contributed by atoms with E-state index in [4.69, 9.17) is 10.5 Å². The lowest BCUT2D eigenvalue weighted by Gasteiger charge is -2.27. The number of carbonyl (C=O) groups is 3. The number of benzene rings is 1. The molecule has 1 aromatic carbocycles. The van der Waals surface area contributed by atoms with Crippen molar-refractivity contribution >= 4 is 17.8 Å². The fourth-order valence-electron chi connectivity index (χ4n) is 2.05. The number of esters is 1. The van der Waals surface area contributed by atoms with Gasteiger partial charge < -0.3 is 15.8 Å². The minimum Gasteiger partial charge on any atom is -0.467 e. The second-order valence-electron chi connectivity index (χ2n) is 4.97. The first-order valence-electron chi connectivity index (χ1n) is 6.65. The van der Waals surface area contributed by atoms with Gasteiger partial charge in [0.15, 0.2) is 0 Å². The lowest BCUT2D eigenvalue weighted by atomic mass is 9.95. The van der Waals surface area contributed by atoms with Crippen LogP contribution in [0.5, 0.6) is 0 Å². The number of hydrogen-bond donors (Lipinski definition) is 2. The Hall–Kier alpha value is -2.37. The van der Waals surface area contributed by atoms with Crippen molar-refractivity contribution in [2.75, 3.05) is 7.11 Å². The second-order valence-corrected chi connectivity index (χ2v) is 4.97. The maximum Gasteiger partial charge on any atom is 0.331 e. The van der Waals surface area contributed by atoms with Crippen LogP contribution >= 0.6 is 0 Å². The molecule has 0 saturated heterocycles. The van der Waals surface area contributed by atoms with E-state index in [0.29, 0.717) is 24.0 Å². The van der Waals surface area contributed by atoms with Crippen molar-refractivity contribution < 1.29 is 19.1 Å². The molecule has 1 unspecified atom stereocenters. The maximum atomic E-state index is 12.2. The molecule has 3 N–H and O–H groups in total. The van der Waals surface area contributed by atoms with Crippen molar-refractivity contribution in [3.63, 3.8) is 0 Å². The fraction of sp³-hybridized carbons (Fsp3) is 0.400. The highest BCUT2D eigenvalue weighted by Gasteiger charge is 2.35. The molecule has 114 valence electrons. The topological polar surface area (TPSA) is 98.5 Å². The Morgan fingerprint density at radius 1 is 1.19 bits per heavy atom. The average molecular weight is 292 g/mol. The molecule has 0 fully saturated rings. The summed E-state index contributed by atoms with van der Waals surface area (Å²) in [4.78, 5) is 35.0. The Balaban J connectivity index is 2.91. The zero-order chi connectivity index (χ0) is 16.0. The molecule has 0 spiro atoms. The van der Waals surface area contributed by atoms with E-state index in [-0.39, 0.29) is 0 Å². The van der Waals surface area contributed by atoms with Gasteiger partial charge in [0.25, 0.3) is 5.91 Å². The fourth-order valence-corrected chi connectivity index (χ4v) is 2.05. The van der Waals surface area contributed by atoms with Crippen molar-refractivity contribution in [1.29, 1.82) is 0 Å². The van der Waals surface area contributed by atoms with Gasteiger partial charge in [-0.05, 0) is 37.6 Å². The summed E-state index contributed by atoms with van der Waals surface area (Å²) in [5, 5.41) is 2.68. The molecular formula is C15H20N2O4. The standard InChI is InChI=1S/C15H20N2O4/c1-4-9-15(2,14(20)21-3)17-13(19)11-7-5-10(6-8-11)12(16)18/h5-8H,4,9H2,1-3H3,(H2,16,18)(H,17,19). The smallest absolute Gasteiger partial charge is 0.331 e. The zero-order valence-electron chi connectivity index (χ0n) is 12.4. The molecule has 0 bridgehead atoms. The molecular weight excluding hydrogens is 272 g/mol. The maximum absolute atomic E-state index is 12.2. The SMILES string of the molecule is CCCC(C)(NC(=O)c1ccc(C(N)=O)cc1)C(=O)OC. The van der Waals surface area contributed by atoms with Gasteiger partial charge in [0.2, 0.25) is 5.91 Å². The number of nitrogens with two attached hydrogens (primary N) is 1. The molecule has 6 nitrogen and oxygen atoms in total. The summed E-state index contributed by atoms with van der Waals surface area (Å²) in [6.07, 6.45) is 1.18. The number of carbonyl (C=O) groups excluding carboxylic acids is 3. The predicted octanol–water partition coefficient (Wildman–Crippen LogP) is 1.25. The Morgan fingerprint density at radius 2 is 1.71 bits per heavy atom. The van der Waals surface area contributed by atoms with Gasteiger partial charge in [0.05, 0.1) is 7.11 Å². The number of ether oxygens (including phenoxy) is 1. The van der Waals surface area contributed by atoms with Gasteiger partial charge in [-0.2, -0.15) is 0 Å². The van der Waals surface area contributed by atoms with Crippen LogP contribution in [0.25, 0.3) is 0 Å². The number of hydrogen-bond acceptors (Lipinski definition) is 4. The molecule has 6 heteroatoms. The first-order chi connectivity index (χ1) is 9.84. The third-order valence-corrected chi connectivity index (χ3v) is 3.21. The van der Waals surface area contributed by atoms with Crippen molar-refractivity contribution in [1.82, 2.24) is 5.32 Å². The highest BCUT2D eigenvalue weighted by atomic mass is 16.5. The number of rotatable bonds is 6. The van der Waals surface area contributed by atoms with Gasteiger partial charge in [-0.15, -0.1) is 0 Å². The molecule has 1 atom stereocenters. The van der Waals surface area contributed by atoms with E-state index in [1.165, 1.54) is 31.4 Å². The van der Waals surface area contributed by atoms with Gasteiger partial charge in [-0.3, -0.25) is 9.59 Å². The highest BCUT2D eigenvalue weighted by molar-refractivity contribution is 5.99. The zero-order valence-corrected chi connectivity index (χ0v) is 12.4. The molecule has 0 aliphatic carbocycles. The summed E-state index contributed by atoms with van der Waals surface area (Å²) >= 11 is 0. The Morgan fingerprint density at radius 3 is 2.14 bits per heavy atom. The first kappa shape index (κ1) is 16.7. The molecule has 1 aromatic rings. The number of primary amides is 1. The van der Waals surface area contributed by atoms with Gasteiger partial charge in [-0.25, -0.2) is 4.79 Å². The molecule has 0 saturated carbocycles. The van der Waals surface area contributed by atoms with Crippen molar-refractivity contribution in [3.05, 3.63) is 35.4 Å². The monoisotopic (exact) mass is 292 g/mol. The molecule has 0 radical (unpaired) electrons. The molecule has 0 aromatic heterocycles. The van der Waals surface area contributed by atoms with Crippen LogP contribution in [0.4, 0.5) is 0 Å². The third-order valence-electron chi connectivity index (χ3n) is 3.21. The molecule has 0 aliphatic rings. The van der Waals surface area contributed by atoms with Crippen LogP contribution in [0, 0.1) is 0 Å². The summed E-state index contributed by atoms with van der Waals surface area (Å²) < 4.78 is 4.74. The highest BCUT2D eigenvalue weighted by Crippen LogP contribution is 2.16. The van der Waals surface area contributed by atoms with Gasteiger partial charge in [-0.1, -0.05) is 13.3 Å². The summed E-state index contributed by atoms with van der Waals surface area (Å²) in [7, 11) is 1.28. The number of methoxy groups -OCH3 is 1. The summed E-state index contributed by atoms with van der Waals surface area (Å²) in [6, 6.07) is 5.90. The van der Waals surface area contributed by atoms with E-state index >= 15 is 0 Å². The van der Waals surface area contributed by atoms with Gasteiger partial charge in [0.1, 0.15) is 5.54 Å². The van der Waals surface area contributed by atoms with Crippen molar-refractivity contribution in [2.24, 2.45) is 5.73 Å². The van der Waals surface area contributed by atoms with Gasteiger partial charge in [0, 0.05) is 11.1 Å². The summed E-state index contributed by atoms with van der Waals surface area (Å²) in [6.45, 7) is 3.53. The lowest BCUT2D eigenvalue weighted by Crippen LogP contribution is -2.52. The number of amides is 2. The first-order valence-corrected chi connectivity index (χ1v) is 6.65. The summed E-state index contributed by atoms with van der Waals surface area (Å²) in [5.41, 5.74) is 4.71. The van der Waals surface area contributed by atoms with Crippen molar-refractivity contribution in [2.45, 2.75) is 32.2 Å². The van der Waals surface area contributed by atoms with E-state index < -0.39 is 23.3 Å². The minimum atomic E-state index is -1.08. The molecule has 0 heterocycles.